The summed E-state index contributed by atoms with van der Waals surface area (Å²) in [5.74, 6) is -2.28. The van der Waals surface area contributed by atoms with Gasteiger partial charge in [0.15, 0.2) is 5.82 Å². The van der Waals surface area contributed by atoms with Crippen molar-refractivity contribution in [1.82, 2.24) is 4.31 Å². The van der Waals surface area contributed by atoms with E-state index < -0.39 is 38.7 Å². The second-order valence-corrected chi connectivity index (χ2v) is 5.80. The minimum Gasteiger partial charge on any atom is -0.391 e. The molecule has 0 bridgehead atoms. The van der Waals surface area contributed by atoms with Crippen LogP contribution in [-0.2, 0) is 16.6 Å². The number of halogens is 2. The molecule has 0 aromatic heterocycles. The van der Waals surface area contributed by atoms with Gasteiger partial charge in [-0.15, -0.1) is 13.2 Å². The second kappa shape index (κ2) is 6.74. The monoisotopic (exact) mass is 303 g/mol. The Morgan fingerprint density at radius 3 is 2.20 bits per heavy atom. The molecule has 0 spiro atoms. The Morgan fingerprint density at radius 1 is 1.20 bits per heavy atom. The van der Waals surface area contributed by atoms with E-state index in [-0.39, 0.29) is 13.1 Å². The van der Waals surface area contributed by atoms with Crippen LogP contribution >= 0.6 is 0 Å². The third-order valence-corrected chi connectivity index (χ3v) is 4.44. The van der Waals surface area contributed by atoms with Crippen molar-refractivity contribution in [3.05, 3.63) is 54.6 Å². The Labute approximate surface area is 116 Å². The normalized spacial score (nSPS) is 11.6. The lowest BCUT2D eigenvalue weighted by molar-refractivity contribution is 0.267. The summed E-state index contributed by atoms with van der Waals surface area (Å²) in [4.78, 5) is -0.688. The lowest BCUT2D eigenvalue weighted by Crippen LogP contribution is -2.32. The number of rotatable bonds is 7. The maximum atomic E-state index is 14.0. The SMILES string of the molecule is C=CCN(CC=C)S(=O)(=O)c1ccc(F)c(CO)c1F. The molecule has 0 saturated carbocycles. The Hall–Kier alpha value is -1.57. The Balaban J connectivity index is 3.41. The van der Waals surface area contributed by atoms with Crippen molar-refractivity contribution < 1.29 is 22.3 Å². The first kappa shape index (κ1) is 16.5. The molecule has 0 heterocycles. The van der Waals surface area contributed by atoms with E-state index in [4.69, 9.17) is 5.11 Å². The molecule has 7 heteroatoms. The number of hydrogen-bond donors (Lipinski definition) is 1. The number of benzene rings is 1. The quantitative estimate of drug-likeness (QED) is 0.782. The summed E-state index contributed by atoms with van der Waals surface area (Å²) in [5.41, 5.74) is -0.678. The van der Waals surface area contributed by atoms with Gasteiger partial charge in [-0.05, 0) is 12.1 Å². The lowest BCUT2D eigenvalue weighted by Gasteiger charge is -2.20. The van der Waals surface area contributed by atoms with E-state index >= 15 is 0 Å². The third-order valence-electron chi connectivity index (χ3n) is 2.59. The number of hydrogen-bond acceptors (Lipinski definition) is 3. The molecule has 0 amide bonds. The van der Waals surface area contributed by atoms with E-state index in [0.29, 0.717) is 0 Å². The molecule has 20 heavy (non-hydrogen) atoms. The highest BCUT2D eigenvalue weighted by molar-refractivity contribution is 7.89. The topological polar surface area (TPSA) is 57.6 Å². The van der Waals surface area contributed by atoms with Gasteiger partial charge >= 0.3 is 0 Å². The first-order valence-electron chi connectivity index (χ1n) is 5.69. The first-order chi connectivity index (χ1) is 9.39. The zero-order valence-corrected chi connectivity index (χ0v) is 11.5. The van der Waals surface area contributed by atoms with Crippen LogP contribution in [0.1, 0.15) is 5.56 Å². The van der Waals surface area contributed by atoms with E-state index in [1.54, 1.807) is 0 Å². The van der Waals surface area contributed by atoms with E-state index in [2.05, 4.69) is 13.2 Å². The van der Waals surface area contributed by atoms with Crippen molar-refractivity contribution in [1.29, 1.82) is 0 Å². The molecule has 0 radical (unpaired) electrons. The average Bonchev–Trinajstić information content (AvgIpc) is 2.38. The molecule has 0 saturated heterocycles. The minimum absolute atomic E-state index is 0.0420. The van der Waals surface area contributed by atoms with Crippen molar-refractivity contribution in [2.45, 2.75) is 11.5 Å². The molecule has 0 aliphatic carbocycles. The molecule has 0 unspecified atom stereocenters. The minimum atomic E-state index is -4.17. The van der Waals surface area contributed by atoms with Gasteiger partial charge in [-0.1, -0.05) is 12.2 Å². The molecule has 1 aromatic rings. The first-order valence-corrected chi connectivity index (χ1v) is 7.13. The van der Waals surface area contributed by atoms with Crippen LogP contribution < -0.4 is 0 Å². The van der Waals surface area contributed by atoms with Gasteiger partial charge in [0.1, 0.15) is 10.7 Å². The van der Waals surface area contributed by atoms with Crippen molar-refractivity contribution in [3.8, 4) is 0 Å². The van der Waals surface area contributed by atoms with Gasteiger partial charge in [0.25, 0.3) is 0 Å². The highest BCUT2D eigenvalue weighted by Gasteiger charge is 2.28. The van der Waals surface area contributed by atoms with Gasteiger partial charge in [0.2, 0.25) is 10.0 Å². The molecule has 0 aliphatic rings. The Kier molecular flexibility index (Phi) is 5.55. The van der Waals surface area contributed by atoms with Crippen molar-refractivity contribution in [2.24, 2.45) is 0 Å². The van der Waals surface area contributed by atoms with Gasteiger partial charge in [0, 0.05) is 13.1 Å². The van der Waals surface area contributed by atoms with Crippen LogP contribution in [-0.4, -0.2) is 30.9 Å². The van der Waals surface area contributed by atoms with Crippen LogP contribution in [0, 0.1) is 11.6 Å². The molecule has 1 rings (SSSR count). The van der Waals surface area contributed by atoms with E-state index in [1.165, 1.54) is 12.2 Å². The predicted molar refractivity (Wildman–Crippen MR) is 71.4 cm³/mol. The Morgan fingerprint density at radius 2 is 1.75 bits per heavy atom. The van der Waals surface area contributed by atoms with Gasteiger partial charge in [-0.2, -0.15) is 4.31 Å². The predicted octanol–water partition coefficient (Wildman–Crippen LogP) is 1.82. The summed E-state index contributed by atoms with van der Waals surface area (Å²) < 4.78 is 52.8. The summed E-state index contributed by atoms with van der Waals surface area (Å²) >= 11 is 0. The molecule has 0 fully saturated rings. The third kappa shape index (κ3) is 3.12. The summed E-state index contributed by atoms with van der Waals surface area (Å²) in [6.45, 7) is 5.84. The van der Waals surface area contributed by atoms with Crippen LogP contribution in [0.2, 0.25) is 0 Å². The highest BCUT2D eigenvalue weighted by Crippen LogP contribution is 2.24. The maximum absolute atomic E-state index is 14.0. The molecule has 1 aromatic carbocycles. The zero-order valence-electron chi connectivity index (χ0n) is 10.7. The Bertz CT molecular complexity index is 604. The van der Waals surface area contributed by atoms with Crippen LogP contribution in [0.25, 0.3) is 0 Å². The maximum Gasteiger partial charge on any atom is 0.246 e. The molecule has 4 nitrogen and oxygen atoms in total. The fourth-order valence-electron chi connectivity index (χ4n) is 1.62. The lowest BCUT2D eigenvalue weighted by atomic mass is 10.2. The summed E-state index contributed by atoms with van der Waals surface area (Å²) in [5, 5.41) is 8.91. The number of aliphatic hydroxyl groups is 1. The van der Waals surface area contributed by atoms with E-state index in [9.17, 15) is 17.2 Å². The molecule has 110 valence electrons. The van der Waals surface area contributed by atoms with Crippen molar-refractivity contribution in [3.63, 3.8) is 0 Å². The van der Waals surface area contributed by atoms with Gasteiger partial charge in [0.05, 0.1) is 12.2 Å². The van der Waals surface area contributed by atoms with E-state index in [0.717, 1.165) is 16.4 Å². The van der Waals surface area contributed by atoms with Crippen molar-refractivity contribution in [2.75, 3.05) is 13.1 Å². The van der Waals surface area contributed by atoms with Crippen LogP contribution in [0.5, 0.6) is 0 Å². The molecular formula is C13H15F2NO3S. The fourth-order valence-corrected chi connectivity index (χ4v) is 3.09. The van der Waals surface area contributed by atoms with Gasteiger partial charge in [-0.3, -0.25) is 0 Å². The zero-order chi connectivity index (χ0) is 15.3. The summed E-state index contributed by atoms with van der Waals surface area (Å²) in [7, 11) is -4.17. The highest BCUT2D eigenvalue weighted by atomic mass is 32.2. The number of nitrogens with zero attached hydrogens (tertiary/aromatic N) is 1. The number of aliphatic hydroxyl groups excluding tert-OH is 1. The number of sulfonamides is 1. The van der Waals surface area contributed by atoms with Gasteiger partial charge in [-0.25, -0.2) is 17.2 Å². The molecular weight excluding hydrogens is 288 g/mol. The average molecular weight is 303 g/mol. The molecule has 1 N–H and O–H groups in total. The largest absolute Gasteiger partial charge is 0.391 e. The van der Waals surface area contributed by atoms with Gasteiger partial charge < -0.3 is 5.11 Å². The second-order valence-electron chi connectivity index (χ2n) is 3.90. The molecule has 0 atom stereocenters. The standard InChI is InChI=1S/C13H15F2NO3S/c1-3-7-16(8-4-2)20(18,19)12-6-5-11(14)10(9-17)13(12)15/h3-6,17H,1-2,7-9H2. The fraction of sp³-hybridized carbons (Fsp3) is 0.231. The smallest absolute Gasteiger partial charge is 0.246 e. The summed E-state index contributed by atoms with van der Waals surface area (Å²) in [6, 6.07) is 1.64. The summed E-state index contributed by atoms with van der Waals surface area (Å²) in [6.07, 6.45) is 2.69. The molecule has 0 aliphatic heterocycles. The van der Waals surface area contributed by atoms with E-state index in [1.807, 2.05) is 0 Å². The van der Waals surface area contributed by atoms with Crippen LogP contribution in [0.3, 0.4) is 0 Å². The van der Waals surface area contributed by atoms with Crippen LogP contribution in [0.15, 0.2) is 42.3 Å². The van der Waals surface area contributed by atoms with Crippen LogP contribution in [0.4, 0.5) is 8.78 Å². The van der Waals surface area contributed by atoms with Crippen molar-refractivity contribution >= 4 is 10.0 Å².